The minimum absolute atomic E-state index is 0.175. The molecule has 35 heavy (non-hydrogen) atoms. The van der Waals surface area contributed by atoms with Crippen LogP contribution in [0.1, 0.15) is 54.8 Å². The second kappa shape index (κ2) is 11.5. The Morgan fingerprint density at radius 3 is 2.63 bits per heavy atom. The van der Waals surface area contributed by atoms with Crippen LogP contribution in [0.2, 0.25) is 5.02 Å². The van der Waals surface area contributed by atoms with Crippen molar-refractivity contribution in [3.8, 4) is 28.4 Å². The van der Waals surface area contributed by atoms with Gasteiger partial charge < -0.3 is 19.7 Å². The first-order chi connectivity index (χ1) is 16.9. The van der Waals surface area contributed by atoms with Gasteiger partial charge in [0.25, 0.3) is 0 Å². The number of nitrogens with one attached hydrogen (secondary N) is 1. The van der Waals surface area contributed by atoms with Crippen LogP contribution in [0.5, 0.6) is 5.75 Å². The van der Waals surface area contributed by atoms with Gasteiger partial charge in [0.05, 0.1) is 22.0 Å². The predicted octanol–water partition coefficient (Wildman–Crippen LogP) is 5.46. The molecule has 1 aromatic carbocycles. The molecule has 1 fully saturated rings. The van der Waals surface area contributed by atoms with Gasteiger partial charge in [0.15, 0.2) is 5.82 Å². The molecule has 0 radical (unpaired) electrons. The zero-order valence-corrected chi connectivity index (χ0v) is 21.8. The first-order valence-electron chi connectivity index (χ1n) is 12.4. The van der Waals surface area contributed by atoms with Crippen molar-refractivity contribution in [3.63, 3.8) is 0 Å². The second-order valence-electron chi connectivity index (χ2n) is 9.54. The van der Waals surface area contributed by atoms with E-state index in [0.717, 1.165) is 40.4 Å². The molecule has 0 bridgehead atoms. The number of aromatic nitrogens is 3. The van der Waals surface area contributed by atoms with Crippen LogP contribution in [0.15, 0.2) is 22.7 Å². The van der Waals surface area contributed by atoms with Gasteiger partial charge in [0, 0.05) is 17.8 Å². The van der Waals surface area contributed by atoms with E-state index in [9.17, 15) is 5.11 Å². The lowest BCUT2D eigenvalue weighted by atomic mass is 9.85. The van der Waals surface area contributed by atoms with Crippen molar-refractivity contribution in [2.45, 2.75) is 65.4 Å². The van der Waals surface area contributed by atoms with Crippen molar-refractivity contribution in [1.29, 1.82) is 0 Å². The second-order valence-corrected chi connectivity index (χ2v) is 9.95. The topological polar surface area (TPSA) is 93.3 Å². The number of ether oxygens (including phenoxy) is 1. The third-order valence-corrected chi connectivity index (χ3v) is 7.11. The zero-order valence-electron chi connectivity index (χ0n) is 21.0. The Balaban J connectivity index is 1.76. The average molecular weight is 499 g/mol. The summed E-state index contributed by atoms with van der Waals surface area (Å²) in [6.07, 6.45) is 6.66. The molecule has 2 aromatic heterocycles. The fourth-order valence-electron chi connectivity index (χ4n) is 4.86. The molecular weight excluding hydrogens is 464 g/mol. The Bertz CT molecular complexity index is 1140. The highest BCUT2D eigenvalue weighted by Gasteiger charge is 2.23. The maximum absolute atomic E-state index is 10.0. The summed E-state index contributed by atoms with van der Waals surface area (Å²) in [5.74, 6) is 2.53. The van der Waals surface area contributed by atoms with E-state index >= 15 is 0 Å². The third kappa shape index (κ3) is 6.02. The molecule has 0 saturated heterocycles. The third-order valence-electron chi connectivity index (χ3n) is 6.78. The molecule has 0 aliphatic heterocycles. The molecular formula is C27H35ClN4O3. The molecule has 0 amide bonds. The number of halogens is 1. The summed E-state index contributed by atoms with van der Waals surface area (Å²) in [5.41, 5.74) is 5.36. The number of nitrogens with zero attached hydrogens (tertiary/aromatic N) is 3. The molecule has 1 atom stereocenters. The molecule has 3 aromatic rings. The molecule has 0 unspecified atom stereocenters. The summed E-state index contributed by atoms with van der Waals surface area (Å²) in [5, 5.41) is 17.7. The molecule has 0 spiro atoms. The average Bonchev–Trinajstić information content (AvgIpc) is 3.18. The van der Waals surface area contributed by atoms with Crippen LogP contribution in [0, 0.1) is 26.7 Å². The van der Waals surface area contributed by atoms with E-state index in [2.05, 4.69) is 17.4 Å². The van der Waals surface area contributed by atoms with Gasteiger partial charge in [0.2, 0.25) is 0 Å². The van der Waals surface area contributed by atoms with Crippen LogP contribution in [0.25, 0.3) is 22.6 Å². The first kappa shape index (κ1) is 25.6. The molecule has 2 N–H and O–H groups in total. The number of likely N-dealkylation sites (N-methyl/N-ethyl adjacent to an activating group) is 1. The van der Waals surface area contributed by atoms with Crippen LogP contribution in [0.4, 0.5) is 0 Å². The number of aliphatic hydroxyl groups excluding tert-OH is 1. The molecule has 1 saturated carbocycles. The van der Waals surface area contributed by atoms with Gasteiger partial charge in [-0.25, -0.2) is 9.97 Å². The molecule has 7 nitrogen and oxygen atoms in total. The molecule has 188 valence electrons. The summed E-state index contributed by atoms with van der Waals surface area (Å²) in [6, 6.07) is 5.43. The van der Waals surface area contributed by atoms with Crippen molar-refractivity contribution in [1.82, 2.24) is 20.4 Å². The van der Waals surface area contributed by atoms with Crippen LogP contribution < -0.4 is 10.1 Å². The van der Waals surface area contributed by atoms with E-state index in [1.807, 2.05) is 19.9 Å². The fourth-order valence-corrected chi connectivity index (χ4v) is 5.07. The van der Waals surface area contributed by atoms with Gasteiger partial charge in [-0.15, -0.1) is 0 Å². The highest BCUT2D eigenvalue weighted by atomic mass is 35.5. The Hall–Kier alpha value is -2.48. The van der Waals surface area contributed by atoms with E-state index in [1.165, 1.54) is 32.1 Å². The summed E-state index contributed by atoms with van der Waals surface area (Å²) >= 11 is 6.64. The van der Waals surface area contributed by atoms with Gasteiger partial charge in [-0.2, -0.15) is 0 Å². The van der Waals surface area contributed by atoms with Crippen molar-refractivity contribution in [2.75, 3.05) is 20.2 Å². The largest absolute Gasteiger partial charge is 0.491 e. The van der Waals surface area contributed by atoms with Crippen LogP contribution >= 0.6 is 11.6 Å². The summed E-state index contributed by atoms with van der Waals surface area (Å²) < 4.78 is 11.3. The number of rotatable bonds is 9. The Labute approximate surface area is 212 Å². The van der Waals surface area contributed by atoms with Crippen LogP contribution in [0.3, 0.4) is 0 Å². The number of aryl methyl sites for hydroxylation is 2. The van der Waals surface area contributed by atoms with Crippen molar-refractivity contribution in [3.05, 3.63) is 45.9 Å². The Kier molecular flexibility index (Phi) is 8.42. The Morgan fingerprint density at radius 1 is 1.17 bits per heavy atom. The first-order valence-corrected chi connectivity index (χ1v) is 12.8. The zero-order chi connectivity index (χ0) is 24.9. The lowest BCUT2D eigenvalue weighted by molar-refractivity contribution is 0.108. The van der Waals surface area contributed by atoms with E-state index in [1.54, 1.807) is 19.2 Å². The lowest BCUT2D eigenvalue weighted by Gasteiger charge is -2.23. The summed E-state index contributed by atoms with van der Waals surface area (Å²) in [7, 11) is 1.79. The molecule has 1 aliphatic carbocycles. The summed E-state index contributed by atoms with van der Waals surface area (Å²) in [4.78, 5) is 10.0. The van der Waals surface area contributed by atoms with Gasteiger partial charge in [0.1, 0.15) is 24.2 Å². The summed E-state index contributed by atoms with van der Waals surface area (Å²) in [6.45, 7) is 6.56. The highest BCUT2D eigenvalue weighted by Crippen LogP contribution is 2.36. The Morgan fingerprint density at radius 2 is 1.94 bits per heavy atom. The van der Waals surface area contributed by atoms with Gasteiger partial charge in [-0.1, -0.05) is 48.9 Å². The van der Waals surface area contributed by atoms with Crippen molar-refractivity contribution >= 4 is 11.6 Å². The normalized spacial score (nSPS) is 15.4. The number of benzene rings is 1. The van der Waals surface area contributed by atoms with Crippen molar-refractivity contribution in [2.24, 2.45) is 5.92 Å². The maximum Gasteiger partial charge on any atom is 0.161 e. The molecule has 4 rings (SSSR count). The lowest BCUT2D eigenvalue weighted by Crippen LogP contribution is -2.29. The van der Waals surface area contributed by atoms with Gasteiger partial charge in [-0.05, 0) is 63.9 Å². The van der Waals surface area contributed by atoms with E-state index in [0.29, 0.717) is 34.6 Å². The predicted molar refractivity (Wildman–Crippen MR) is 138 cm³/mol. The monoisotopic (exact) mass is 498 g/mol. The highest BCUT2D eigenvalue weighted by molar-refractivity contribution is 6.33. The smallest absolute Gasteiger partial charge is 0.161 e. The van der Waals surface area contributed by atoms with Crippen molar-refractivity contribution < 1.29 is 14.4 Å². The molecule has 1 aliphatic rings. The van der Waals surface area contributed by atoms with Crippen LogP contribution in [-0.4, -0.2) is 46.5 Å². The van der Waals surface area contributed by atoms with E-state index in [4.69, 9.17) is 30.8 Å². The van der Waals surface area contributed by atoms with Gasteiger partial charge >= 0.3 is 0 Å². The minimum atomic E-state index is -0.608. The SMILES string of the molecule is CNC[C@@H](O)COc1ccc(Cl)c(-c2nc(CC3CCCCC3)c(C)c(-c3c(C)noc3C)n2)c1. The van der Waals surface area contributed by atoms with E-state index < -0.39 is 6.10 Å². The minimum Gasteiger partial charge on any atom is -0.491 e. The number of hydrogen-bond donors (Lipinski definition) is 2. The fraction of sp³-hybridized carbons (Fsp3) is 0.519. The maximum atomic E-state index is 10.0. The molecule has 2 heterocycles. The van der Waals surface area contributed by atoms with Gasteiger partial charge in [-0.3, -0.25) is 0 Å². The van der Waals surface area contributed by atoms with Crippen LogP contribution in [-0.2, 0) is 6.42 Å². The number of aliphatic hydroxyl groups is 1. The molecule has 8 heteroatoms. The van der Waals surface area contributed by atoms with E-state index in [-0.39, 0.29) is 6.61 Å². The standard InChI is InChI=1S/C27H35ClN4O3/c1-16-24(12-19-8-6-5-7-9-19)30-27(31-26(16)25-17(2)32-35-18(25)3)22-13-21(10-11-23(22)28)34-15-20(33)14-29-4/h10-11,13,19-20,29,33H,5-9,12,14-15H2,1-4H3/t20-/m1/s1. The number of hydrogen-bond acceptors (Lipinski definition) is 7. The quantitative estimate of drug-likeness (QED) is 0.404.